The van der Waals surface area contributed by atoms with E-state index in [1.54, 1.807) is 29.3 Å². The van der Waals surface area contributed by atoms with E-state index in [-0.39, 0.29) is 16.8 Å². The number of benzene rings is 1. The fourth-order valence-electron chi connectivity index (χ4n) is 4.02. The zero-order chi connectivity index (χ0) is 19.9. The third kappa shape index (κ3) is 3.24. The van der Waals surface area contributed by atoms with E-state index in [1.807, 2.05) is 24.0 Å². The van der Waals surface area contributed by atoms with Crippen LogP contribution in [0.1, 0.15) is 19.4 Å². The van der Waals surface area contributed by atoms with E-state index in [0.717, 1.165) is 17.1 Å². The largest absolute Gasteiger partial charge is 0.352 e. The van der Waals surface area contributed by atoms with E-state index >= 15 is 0 Å². The van der Waals surface area contributed by atoms with Crippen molar-refractivity contribution in [3.05, 3.63) is 42.1 Å². The Hall–Kier alpha value is -2.52. The number of nitrogens with zero attached hydrogens (tertiary/aromatic N) is 5. The number of piperazine rings is 1. The topological polar surface area (TPSA) is 86.7 Å². The molecule has 0 spiro atoms. The number of rotatable bonds is 3. The van der Waals surface area contributed by atoms with Crippen LogP contribution in [0.2, 0.25) is 0 Å². The molecule has 0 aliphatic carbocycles. The fraction of sp³-hybridized carbons (Fsp3) is 0.421. The predicted octanol–water partition coefficient (Wildman–Crippen LogP) is 1.28. The van der Waals surface area contributed by atoms with E-state index in [0.29, 0.717) is 32.6 Å². The molecular formula is C19H23N5O3S. The van der Waals surface area contributed by atoms with Crippen LogP contribution in [-0.4, -0.2) is 61.0 Å². The van der Waals surface area contributed by atoms with Crippen LogP contribution in [0.15, 0.2) is 41.4 Å². The van der Waals surface area contributed by atoms with E-state index in [1.165, 1.54) is 11.2 Å². The van der Waals surface area contributed by atoms with Crippen LogP contribution in [0, 0.1) is 0 Å². The standard InChI is InChI=1S/C19H23N5O3S/c1-14-12-16-13-17(5-6-18(16)24(14)15(2)25)28(26,27)23-10-8-22(9-11-23)19-4-3-7-20-21-19/h3-7,13-14H,8-12H2,1-2H3. The molecule has 1 amide bonds. The van der Waals surface area contributed by atoms with Crippen molar-refractivity contribution < 1.29 is 13.2 Å². The second-order valence-electron chi connectivity index (χ2n) is 7.21. The van der Waals surface area contributed by atoms with Gasteiger partial charge in [-0.3, -0.25) is 4.79 Å². The Morgan fingerprint density at radius 3 is 2.54 bits per heavy atom. The normalized spacial score (nSPS) is 20.3. The second kappa shape index (κ2) is 7.14. The summed E-state index contributed by atoms with van der Waals surface area (Å²) in [4.78, 5) is 15.9. The first kappa shape index (κ1) is 18.8. The molecular weight excluding hydrogens is 378 g/mol. The average molecular weight is 401 g/mol. The number of aromatic nitrogens is 2. The van der Waals surface area contributed by atoms with Crippen molar-refractivity contribution in [3.8, 4) is 0 Å². The first-order valence-electron chi connectivity index (χ1n) is 9.33. The predicted molar refractivity (Wildman–Crippen MR) is 106 cm³/mol. The maximum atomic E-state index is 13.1. The summed E-state index contributed by atoms with van der Waals surface area (Å²) in [5.41, 5.74) is 1.72. The summed E-state index contributed by atoms with van der Waals surface area (Å²) in [5.74, 6) is 0.734. The Labute approximate surface area is 164 Å². The van der Waals surface area contributed by atoms with Gasteiger partial charge in [0.2, 0.25) is 15.9 Å². The van der Waals surface area contributed by atoms with Gasteiger partial charge in [0.15, 0.2) is 5.82 Å². The number of fused-ring (bicyclic) bond motifs is 1. The van der Waals surface area contributed by atoms with Gasteiger partial charge in [-0.1, -0.05) is 0 Å². The van der Waals surface area contributed by atoms with Crippen LogP contribution >= 0.6 is 0 Å². The lowest BCUT2D eigenvalue weighted by atomic mass is 10.1. The molecule has 0 saturated carbocycles. The van der Waals surface area contributed by atoms with Crippen LogP contribution in [0.4, 0.5) is 11.5 Å². The molecule has 2 aromatic rings. The molecule has 3 heterocycles. The first-order chi connectivity index (χ1) is 13.4. The molecule has 2 aliphatic rings. The number of sulfonamides is 1. The molecule has 1 saturated heterocycles. The number of carbonyl (C=O) groups excluding carboxylic acids is 1. The Morgan fingerprint density at radius 1 is 1.14 bits per heavy atom. The molecule has 1 aromatic heterocycles. The summed E-state index contributed by atoms with van der Waals surface area (Å²) in [5, 5.41) is 7.97. The van der Waals surface area contributed by atoms with Crippen LogP contribution in [0.25, 0.3) is 0 Å². The van der Waals surface area contributed by atoms with Crippen molar-refractivity contribution >= 4 is 27.4 Å². The van der Waals surface area contributed by atoms with E-state index in [9.17, 15) is 13.2 Å². The van der Waals surface area contributed by atoms with Crippen molar-refractivity contribution in [1.82, 2.24) is 14.5 Å². The second-order valence-corrected chi connectivity index (χ2v) is 9.14. The average Bonchev–Trinajstić information content (AvgIpc) is 3.04. The zero-order valence-corrected chi connectivity index (χ0v) is 16.8. The van der Waals surface area contributed by atoms with Gasteiger partial charge in [-0.25, -0.2) is 8.42 Å². The molecule has 0 N–H and O–H groups in total. The van der Waals surface area contributed by atoms with E-state index < -0.39 is 10.0 Å². The minimum atomic E-state index is -3.58. The Bertz CT molecular complexity index is 988. The monoisotopic (exact) mass is 401 g/mol. The quantitative estimate of drug-likeness (QED) is 0.770. The van der Waals surface area contributed by atoms with Gasteiger partial charge in [0.1, 0.15) is 0 Å². The molecule has 28 heavy (non-hydrogen) atoms. The highest BCUT2D eigenvalue weighted by Gasteiger charge is 2.33. The zero-order valence-electron chi connectivity index (χ0n) is 15.9. The van der Waals surface area contributed by atoms with Gasteiger partial charge in [0.25, 0.3) is 0 Å². The van der Waals surface area contributed by atoms with Gasteiger partial charge in [0.05, 0.1) is 4.90 Å². The molecule has 0 bridgehead atoms. The van der Waals surface area contributed by atoms with Crippen molar-refractivity contribution in [3.63, 3.8) is 0 Å². The van der Waals surface area contributed by atoms with Crippen LogP contribution in [0.3, 0.4) is 0 Å². The minimum absolute atomic E-state index is 0.0259. The third-order valence-electron chi connectivity index (χ3n) is 5.36. The fourth-order valence-corrected chi connectivity index (χ4v) is 5.49. The van der Waals surface area contributed by atoms with Gasteiger partial charge in [-0.05, 0) is 49.2 Å². The number of anilines is 2. The number of hydrogen-bond acceptors (Lipinski definition) is 6. The molecule has 1 aromatic carbocycles. The summed E-state index contributed by atoms with van der Waals surface area (Å²) in [7, 11) is -3.58. The Kier molecular flexibility index (Phi) is 4.80. The molecule has 148 valence electrons. The van der Waals surface area contributed by atoms with E-state index in [4.69, 9.17) is 0 Å². The Balaban J connectivity index is 1.52. The highest BCUT2D eigenvalue weighted by molar-refractivity contribution is 7.89. The Morgan fingerprint density at radius 2 is 1.89 bits per heavy atom. The molecule has 9 heteroatoms. The van der Waals surface area contributed by atoms with Crippen molar-refractivity contribution in [2.45, 2.75) is 31.2 Å². The number of amides is 1. The smallest absolute Gasteiger partial charge is 0.243 e. The maximum absolute atomic E-state index is 13.1. The van der Waals surface area contributed by atoms with Crippen molar-refractivity contribution in [2.75, 3.05) is 36.0 Å². The van der Waals surface area contributed by atoms with Crippen molar-refractivity contribution in [2.24, 2.45) is 0 Å². The number of hydrogen-bond donors (Lipinski definition) is 0. The summed E-state index contributed by atoms with van der Waals surface area (Å²) in [6.07, 6.45) is 2.28. The van der Waals surface area contributed by atoms with Gasteiger partial charge >= 0.3 is 0 Å². The van der Waals surface area contributed by atoms with Crippen LogP contribution in [-0.2, 0) is 21.2 Å². The van der Waals surface area contributed by atoms with Crippen LogP contribution < -0.4 is 9.80 Å². The lowest BCUT2D eigenvalue weighted by molar-refractivity contribution is -0.116. The first-order valence-corrected chi connectivity index (χ1v) is 10.8. The highest BCUT2D eigenvalue weighted by atomic mass is 32.2. The lowest BCUT2D eigenvalue weighted by Crippen LogP contribution is -2.49. The number of carbonyl (C=O) groups is 1. The molecule has 1 unspecified atom stereocenters. The van der Waals surface area contributed by atoms with Crippen LogP contribution in [0.5, 0.6) is 0 Å². The molecule has 2 aliphatic heterocycles. The molecule has 4 rings (SSSR count). The van der Waals surface area contributed by atoms with Gasteiger partial charge in [0, 0.05) is 51.0 Å². The summed E-state index contributed by atoms with van der Waals surface area (Å²) in [6, 6.07) is 8.82. The molecule has 1 atom stereocenters. The lowest BCUT2D eigenvalue weighted by Gasteiger charge is -2.34. The summed E-state index contributed by atoms with van der Waals surface area (Å²) < 4.78 is 27.8. The minimum Gasteiger partial charge on any atom is -0.352 e. The van der Waals surface area contributed by atoms with Crippen molar-refractivity contribution in [1.29, 1.82) is 0 Å². The molecule has 8 nitrogen and oxygen atoms in total. The summed E-state index contributed by atoms with van der Waals surface area (Å²) >= 11 is 0. The van der Waals surface area contributed by atoms with Gasteiger partial charge in [-0.15, -0.1) is 5.10 Å². The highest BCUT2D eigenvalue weighted by Crippen LogP contribution is 2.34. The van der Waals surface area contributed by atoms with Gasteiger partial charge < -0.3 is 9.80 Å². The molecule has 1 fully saturated rings. The SMILES string of the molecule is CC(=O)N1c2ccc(S(=O)(=O)N3CCN(c4cccnn4)CC3)cc2CC1C. The maximum Gasteiger partial charge on any atom is 0.243 e. The van der Waals surface area contributed by atoms with E-state index in [2.05, 4.69) is 10.2 Å². The molecule has 0 radical (unpaired) electrons. The van der Waals surface area contributed by atoms with Gasteiger partial charge in [-0.2, -0.15) is 9.40 Å². The third-order valence-corrected chi connectivity index (χ3v) is 7.26. The summed E-state index contributed by atoms with van der Waals surface area (Å²) in [6.45, 7) is 5.43.